The Hall–Kier alpha value is -2.38. The molecule has 2 aromatic rings. The third-order valence-electron chi connectivity index (χ3n) is 3.66. The zero-order valence-electron chi connectivity index (χ0n) is 12.9. The van der Waals surface area contributed by atoms with E-state index in [0.717, 1.165) is 5.01 Å². The van der Waals surface area contributed by atoms with Crippen molar-refractivity contribution in [1.82, 2.24) is 10.4 Å². The first-order valence-electron chi connectivity index (χ1n) is 7.37. The van der Waals surface area contributed by atoms with Crippen molar-refractivity contribution < 1.29 is 14.4 Å². The number of carbonyl (C=O) groups excluding carboxylic acids is 3. The number of carbonyl (C=O) groups is 3. The molecular formula is C17H13BrClN3O3. The maximum Gasteiger partial charge on any atom is 0.271 e. The number of anilines is 1. The monoisotopic (exact) mass is 421 g/mol. The Morgan fingerprint density at radius 2 is 1.80 bits per heavy atom. The van der Waals surface area contributed by atoms with Gasteiger partial charge in [-0.1, -0.05) is 29.8 Å². The van der Waals surface area contributed by atoms with E-state index in [0.29, 0.717) is 20.7 Å². The maximum atomic E-state index is 12.4. The van der Waals surface area contributed by atoms with Crippen LogP contribution in [0.1, 0.15) is 10.4 Å². The predicted octanol–water partition coefficient (Wildman–Crippen LogP) is 2.62. The van der Waals surface area contributed by atoms with Crippen molar-refractivity contribution >= 4 is 50.9 Å². The summed E-state index contributed by atoms with van der Waals surface area (Å²) < 4.78 is 0.601. The van der Waals surface area contributed by atoms with Gasteiger partial charge in [0.15, 0.2) is 0 Å². The van der Waals surface area contributed by atoms with Crippen LogP contribution in [0.5, 0.6) is 0 Å². The van der Waals surface area contributed by atoms with Crippen molar-refractivity contribution in [3.8, 4) is 0 Å². The fourth-order valence-electron chi connectivity index (χ4n) is 2.43. The second kappa shape index (κ2) is 7.25. The van der Waals surface area contributed by atoms with Crippen LogP contribution in [0.3, 0.4) is 0 Å². The van der Waals surface area contributed by atoms with Gasteiger partial charge in [0.25, 0.3) is 11.8 Å². The lowest BCUT2D eigenvalue weighted by Gasteiger charge is -2.33. The molecule has 0 saturated carbocycles. The van der Waals surface area contributed by atoms with Gasteiger partial charge in [0.05, 0.1) is 5.56 Å². The quantitative estimate of drug-likeness (QED) is 0.827. The van der Waals surface area contributed by atoms with E-state index in [1.807, 2.05) is 0 Å². The Labute approximate surface area is 157 Å². The molecule has 6 nitrogen and oxygen atoms in total. The van der Waals surface area contributed by atoms with Crippen LogP contribution in [-0.2, 0) is 9.59 Å². The van der Waals surface area contributed by atoms with Gasteiger partial charge in [-0.15, -0.1) is 0 Å². The summed E-state index contributed by atoms with van der Waals surface area (Å²) in [5, 5.41) is 1.51. The van der Waals surface area contributed by atoms with Gasteiger partial charge in [0.2, 0.25) is 5.91 Å². The minimum absolute atomic E-state index is 0.171. The van der Waals surface area contributed by atoms with E-state index in [-0.39, 0.29) is 24.9 Å². The SMILES string of the molecule is O=C(NN1CC(=O)N(c2cccc(Cl)c2)CC1=O)c1ccccc1Br. The normalized spacial score (nSPS) is 14.6. The van der Waals surface area contributed by atoms with Crippen LogP contribution in [-0.4, -0.2) is 35.8 Å². The summed E-state index contributed by atoms with van der Waals surface area (Å²) in [6.45, 7) is -0.420. The molecule has 0 radical (unpaired) electrons. The van der Waals surface area contributed by atoms with Crippen LogP contribution >= 0.6 is 27.5 Å². The number of hydrazine groups is 1. The Morgan fingerprint density at radius 3 is 2.52 bits per heavy atom. The van der Waals surface area contributed by atoms with E-state index in [1.54, 1.807) is 48.5 Å². The van der Waals surface area contributed by atoms with Crippen molar-refractivity contribution in [3.63, 3.8) is 0 Å². The fraction of sp³-hybridized carbons (Fsp3) is 0.118. The minimum Gasteiger partial charge on any atom is -0.301 e. The number of halogens is 2. The highest BCUT2D eigenvalue weighted by molar-refractivity contribution is 9.10. The lowest BCUT2D eigenvalue weighted by atomic mass is 10.2. The first kappa shape index (κ1) is 17.4. The molecule has 1 N–H and O–H groups in total. The molecule has 25 heavy (non-hydrogen) atoms. The molecule has 2 aromatic carbocycles. The molecule has 1 aliphatic heterocycles. The molecule has 3 amide bonds. The number of piperazine rings is 1. The third-order valence-corrected chi connectivity index (χ3v) is 4.59. The van der Waals surface area contributed by atoms with Crippen LogP contribution < -0.4 is 10.3 Å². The molecule has 0 spiro atoms. The first-order chi connectivity index (χ1) is 12.0. The lowest BCUT2D eigenvalue weighted by Crippen LogP contribution is -2.59. The van der Waals surface area contributed by atoms with Gasteiger partial charge >= 0.3 is 0 Å². The summed E-state index contributed by atoms with van der Waals surface area (Å²) in [7, 11) is 0. The lowest BCUT2D eigenvalue weighted by molar-refractivity contribution is -0.140. The summed E-state index contributed by atoms with van der Waals surface area (Å²) in [6, 6.07) is 13.5. The second-order valence-electron chi connectivity index (χ2n) is 5.36. The minimum atomic E-state index is -0.468. The summed E-state index contributed by atoms with van der Waals surface area (Å²) >= 11 is 9.22. The molecule has 128 valence electrons. The van der Waals surface area contributed by atoms with Gasteiger partial charge < -0.3 is 4.90 Å². The average molecular weight is 423 g/mol. The van der Waals surface area contributed by atoms with Crippen molar-refractivity contribution in [1.29, 1.82) is 0 Å². The second-order valence-corrected chi connectivity index (χ2v) is 6.65. The predicted molar refractivity (Wildman–Crippen MR) is 97.1 cm³/mol. The fourth-order valence-corrected chi connectivity index (χ4v) is 3.08. The van der Waals surface area contributed by atoms with Gasteiger partial charge in [-0.3, -0.25) is 19.8 Å². The van der Waals surface area contributed by atoms with E-state index in [2.05, 4.69) is 21.4 Å². The van der Waals surface area contributed by atoms with Crippen LogP contribution in [0.15, 0.2) is 53.0 Å². The molecule has 0 atom stereocenters. The molecule has 0 aromatic heterocycles. The number of nitrogens with one attached hydrogen (secondary N) is 1. The number of rotatable bonds is 3. The molecule has 0 aliphatic carbocycles. The summed E-state index contributed by atoms with van der Waals surface area (Å²) in [5.74, 6) is -1.17. The van der Waals surface area contributed by atoms with E-state index in [9.17, 15) is 14.4 Å². The van der Waals surface area contributed by atoms with Crippen molar-refractivity contribution in [2.24, 2.45) is 0 Å². The van der Waals surface area contributed by atoms with Crippen LogP contribution in [0.4, 0.5) is 5.69 Å². The van der Waals surface area contributed by atoms with Gasteiger partial charge in [-0.25, -0.2) is 5.01 Å². The van der Waals surface area contributed by atoms with Crippen LogP contribution in [0, 0.1) is 0 Å². The average Bonchev–Trinajstić information content (AvgIpc) is 2.58. The van der Waals surface area contributed by atoms with Crippen LogP contribution in [0.2, 0.25) is 5.02 Å². The third kappa shape index (κ3) is 3.83. The number of hydrogen-bond donors (Lipinski definition) is 1. The standard InChI is InChI=1S/C17H13BrClN3O3/c18-14-7-2-1-6-13(14)17(25)20-22-10-15(23)21(9-16(22)24)12-5-3-4-11(19)8-12/h1-8H,9-10H2,(H,20,25). The van der Waals surface area contributed by atoms with E-state index in [4.69, 9.17) is 11.6 Å². The van der Waals surface area contributed by atoms with Gasteiger partial charge in [-0.2, -0.15) is 0 Å². The van der Waals surface area contributed by atoms with Gasteiger partial charge in [-0.05, 0) is 46.3 Å². The Morgan fingerprint density at radius 1 is 1.04 bits per heavy atom. The summed E-state index contributed by atoms with van der Waals surface area (Å²) in [4.78, 5) is 38.4. The largest absolute Gasteiger partial charge is 0.301 e. The molecule has 0 bridgehead atoms. The van der Waals surface area contributed by atoms with Gasteiger partial charge in [0.1, 0.15) is 13.1 Å². The summed E-state index contributed by atoms with van der Waals surface area (Å²) in [6.07, 6.45) is 0. The molecule has 1 heterocycles. The molecule has 1 saturated heterocycles. The Kier molecular flexibility index (Phi) is 5.06. The van der Waals surface area contributed by atoms with Crippen molar-refractivity contribution in [2.75, 3.05) is 18.0 Å². The molecular weight excluding hydrogens is 410 g/mol. The zero-order valence-corrected chi connectivity index (χ0v) is 15.3. The number of amides is 3. The van der Waals surface area contributed by atoms with E-state index >= 15 is 0 Å². The summed E-state index contributed by atoms with van der Waals surface area (Å²) in [5.41, 5.74) is 3.40. The smallest absolute Gasteiger partial charge is 0.271 e. The highest BCUT2D eigenvalue weighted by Gasteiger charge is 2.32. The number of hydrogen-bond acceptors (Lipinski definition) is 3. The molecule has 0 unspecified atom stereocenters. The highest BCUT2D eigenvalue weighted by Crippen LogP contribution is 2.22. The van der Waals surface area contributed by atoms with Crippen molar-refractivity contribution in [3.05, 3.63) is 63.6 Å². The van der Waals surface area contributed by atoms with Crippen molar-refractivity contribution in [2.45, 2.75) is 0 Å². The van der Waals surface area contributed by atoms with E-state index < -0.39 is 5.91 Å². The number of nitrogens with zero attached hydrogens (tertiary/aromatic N) is 2. The first-order valence-corrected chi connectivity index (χ1v) is 8.54. The highest BCUT2D eigenvalue weighted by atomic mass is 79.9. The topological polar surface area (TPSA) is 69.7 Å². The molecule has 8 heteroatoms. The molecule has 3 rings (SSSR count). The molecule has 1 aliphatic rings. The Bertz CT molecular complexity index is 859. The van der Waals surface area contributed by atoms with E-state index in [1.165, 1.54) is 4.90 Å². The number of benzene rings is 2. The van der Waals surface area contributed by atoms with Crippen LogP contribution in [0.25, 0.3) is 0 Å². The Balaban J connectivity index is 1.72. The zero-order chi connectivity index (χ0) is 18.0. The van der Waals surface area contributed by atoms with Gasteiger partial charge in [0, 0.05) is 15.2 Å². The maximum absolute atomic E-state index is 12.4. The molecule has 1 fully saturated rings.